The molecule has 4 unspecified atom stereocenters. The molecule has 7 atom stereocenters. The third-order valence-corrected chi connectivity index (χ3v) is 11.7. The van der Waals surface area contributed by atoms with E-state index in [-0.39, 0.29) is 30.1 Å². The molecule has 9 heteroatoms. The topological polar surface area (TPSA) is 108 Å². The number of nitrogens with zero attached hydrogens (tertiary/aromatic N) is 3. The highest BCUT2D eigenvalue weighted by Crippen LogP contribution is 2.51. The summed E-state index contributed by atoms with van der Waals surface area (Å²) >= 11 is 0. The molecular formula is C30H45N4O4P. The summed E-state index contributed by atoms with van der Waals surface area (Å²) in [7, 11) is -4.17. The maximum absolute atomic E-state index is 13.9. The highest BCUT2D eigenvalue weighted by molar-refractivity contribution is 7.51. The first-order valence-electron chi connectivity index (χ1n) is 15.2. The van der Waals surface area contributed by atoms with Crippen LogP contribution in [0.4, 0.5) is 5.82 Å². The van der Waals surface area contributed by atoms with Gasteiger partial charge in [-0.1, -0.05) is 32.9 Å². The number of rotatable bonds is 6. The van der Waals surface area contributed by atoms with E-state index in [1.807, 2.05) is 28.8 Å². The van der Waals surface area contributed by atoms with E-state index in [1.54, 1.807) is 0 Å². The van der Waals surface area contributed by atoms with Crippen molar-refractivity contribution in [2.24, 2.45) is 29.6 Å². The Kier molecular flexibility index (Phi) is 7.45. The predicted octanol–water partition coefficient (Wildman–Crippen LogP) is 5.25. The summed E-state index contributed by atoms with van der Waals surface area (Å²) in [6, 6.07) is 9.46. The van der Waals surface area contributed by atoms with E-state index < -0.39 is 7.60 Å². The Morgan fingerprint density at radius 2 is 1.72 bits per heavy atom. The summed E-state index contributed by atoms with van der Waals surface area (Å²) in [6.45, 7) is 7.38. The van der Waals surface area contributed by atoms with Gasteiger partial charge in [0.2, 0.25) is 0 Å². The molecule has 8 nitrogen and oxygen atoms in total. The molecule has 39 heavy (non-hydrogen) atoms. The van der Waals surface area contributed by atoms with E-state index in [0.717, 1.165) is 47.5 Å². The number of aromatic nitrogens is 2. The van der Waals surface area contributed by atoms with Crippen LogP contribution >= 0.6 is 7.60 Å². The quantitative estimate of drug-likeness (QED) is 0.417. The van der Waals surface area contributed by atoms with Crippen molar-refractivity contribution in [1.29, 1.82) is 0 Å². The van der Waals surface area contributed by atoms with Crippen molar-refractivity contribution in [3.8, 4) is 0 Å². The van der Waals surface area contributed by atoms with E-state index in [1.165, 1.54) is 38.5 Å². The number of hydrogen-bond acceptors (Lipinski definition) is 5. The Balaban J connectivity index is 1.31. The highest BCUT2D eigenvalue weighted by Gasteiger charge is 2.48. The lowest BCUT2D eigenvalue weighted by molar-refractivity contribution is -0.0755. The van der Waals surface area contributed by atoms with Crippen molar-refractivity contribution in [3.05, 3.63) is 34.6 Å². The van der Waals surface area contributed by atoms with E-state index in [0.29, 0.717) is 24.0 Å². The van der Waals surface area contributed by atoms with Crippen LogP contribution in [0.3, 0.4) is 0 Å². The smallest absolute Gasteiger partial charge is 0.327 e. The molecule has 4 bridgehead atoms. The molecule has 0 spiro atoms. The summed E-state index contributed by atoms with van der Waals surface area (Å²) in [5.41, 5.74) is 1.40. The second-order valence-electron chi connectivity index (χ2n) is 13.3. The lowest BCUT2D eigenvalue weighted by atomic mass is 9.60. The van der Waals surface area contributed by atoms with E-state index in [4.69, 9.17) is 0 Å². The number of nitrogens with one attached hydrogen (secondary N) is 1. The van der Waals surface area contributed by atoms with E-state index in [2.05, 4.69) is 36.0 Å². The van der Waals surface area contributed by atoms with Crippen LogP contribution in [0.1, 0.15) is 78.2 Å². The average Bonchev–Trinajstić information content (AvgIpc) is 2.85. The summed E-state index contributed by atoms with van der Waals surface area (Å²) in [6.07, 6.45) is 9.50. The molecule has 2 saturated heterocycles. The van der Waals surface area contributed by atoms with Crippen molar-refractivity contribution in [2.75, 3.05) is 18.0 Å². The minimum absolute atomic E-state index is 0.00585. The fourth-order valence-corrected chi connectivity index (χ4v) is 9.02. The number of piperidine rings is 2. The van der Waals surface area contributed by atoms with Crippen molar-refractivity contribution in [3.63, 3.8) is 0 Å². The van der Waals surface area contributed by atoms with E-state index >= 15 is 0 Å². The number of hydrogen-bond donors (Lipinski definition) is 3. The zero-order chi connectivity index (χ0) is 27.5. The van der Waals surface area contributed by atoms with Gasteiger partial charge in [0.05, 0.1) is 17.2 Å². The predicted molar refractivity (Wildman–Crippen MR) is 155 cm³/mol. The molecule has 3 heterocycles. The minimum atomic E-state index is -4.17. The molecule has 0 radical (unpaired) electrons. The van der Waals surface area contributed by atoms with Crippen LogP contribution in [0.15, 0.2) is 29.1 Å². The van der Waals surface area contributed by atoms with Gasteiger partial charge in [0.15, 0.2) is 5.82 Å². The molecule has 3 N–H and O–H groups in total. The summed E-state index contributed by atoms with van der Waals surface area (Å²) in [5, 5.41) is 2.94. The number of benzene rings is 1. The number of anilines is 1. The van der Waals surface area contributed by atoms with Crippen LogP contribution < -0.4 is 10.9 Å². The zero-order valence-corrected chi connectivity index (χ0v) is 24.5. The van der Waals surface area contributed by atoms with Crippen molar-refractivity contribution < 1.29 is 14.4 Å². The lowest BCUT2D eigenvalue weighted by Gasteiger charge is -2.57. The Labute approximate surface area is 231 Å². The van der Waals surface area contributed by atoms with Gasteiger partial charge in [0.25, 0.3) is 5.56 Å². The highest BCUT2D eigenvalue weighted by atomic mass is 31.2. The van der Waals surface area contributed by atoms with Gasteiger partial charge in [-0.15, -0.1) is 0 Å². The van der Waals surface area contributed by atoms with Crippen LogP contribution in [0.5, 0.6) is 0 Å². The monoisotopic (exact) mass is 556 g/mol. The normalized spacial score (nSPS) is 37.1. The third-order valence-electron chi connectivity index (χ3n) is 10.9. The second kappa shape index (κ2) is 10.6. The molecule has 214 valence electrons. The molecule has 2 aromatic rings. The Morgan fingerprint density at radius 3 is 2.49 bits per heavy atom. The standard InChI is InChI=1S/C30H45N4O4P/c1-18-8-9-23-16-25(17-28(18)33(23)24-12-19(2)20(3)22-13-21(14-22)15-24)34-27-7-5-4-6-26(27)32-29(30(34)35)31-10-11-39(36,37)38/h4-7,18-25,28H,8-17H2,1-3H3,(H,31,32)(H2,36,37,38)/t18?,19?,20?,21-,22+,23-,24+,25+,28?/m1/s1. The van der Waals surface area contributed by atoms with Crippen LogP contribution in [-0.2, 0) is 4.57 Å². The van der Waals surface area contributed by atoms with Gasteiger partial charge < -0.3 is 19.7 Å². The van der Waals surface area contributed by atoms with Gasteiger partial charge in [0.1, 0.15) is 0 Å². The lowest BCUT2D eigenvalue weighted by Crippen LogP contribution is -2.61. The molecule has 3 saturated carbocycles. The van der Waals surface area contributed by atoms with Crippen LogP contribution in [-0.4, -0.2) is 55.1 Å². The molecule has 3 aliphatic carbocycles. The summed E-state index contributed by atoms with van der Waals surface area (Å²) in [4.78, 5) is 39.9. The molecule has 1 aromatic heterocycles. The Morgan fingerprint density at radius 1 is 0.949 bits per heavy atom. The van der Waals surface area contributed by atoms with Gasteiger partial charge in [-0.2, -0.15) is 0 Å². The zero-order valence-electron chi connectivity index (χ0n) is 23.6. The minimum Gasteiger partial charge on any atom is -0.365 e. The van der Waals surface area contributed by atoms with Crippen LogP contribution in [0.25, 0.3) is 11.0 Å². The maximum Gasteiger partial charge on any atom is 0.327 e. The van der Waals surface area contributed by atoms with Gasteiger partial charge in [-0.25, -0.2) is 4.98 Å². The second-order valence-corrected chi connectivity index (χ2v) is 15.1. The van der Waals surface area contributed by atoms with Gasteiger partial charge in [-0.3, -0.25) is 14.3 Å². The SMILES string of the molecule is CC1CC[C@@H]2C[C@H](n3c(=O)c(NCCP(=O)(O)O)nc4ccccc43)CC1N2[C@H]1CC(C)C(C)[C@H]2C[C@@H](C1)C2. The summed E-state index contributed by atoms with van der Waals surface area (Å²) < 4.78 is 13.3. The largest absolute Gasteiger partial charge is 0.365 e. The fourth-order valence-electron chi connectivity index (χ4n) is 8.62. The Bertz CT molecular complexity index is 1300. The first-order chi connectivity index (χ1) is 18.6. The molecular weight excluding hydrogens is 511 g/mol. The van der Waals surface area contributed by atoms with Crippen LogP contribution in [0.2, 0.25) is 0 Å². The third kappa shape index (κ3) is 5.35. The van der Waals surface area contributed by atoms with Gasteiger partial charge in [-0.05, 0) is 93.1 Å². The Hall–Kier alpha value is -1.73. The molecule has 2 aliphatic heterocycles. The average molecular weight is 557 g/mol. The van der Waals surface area contributed by atoms with Crippen molar-refractivity contribution in [2.45, 2.75) is 96.3 Å². The number of fused-ring (bicyclic) bond motifs is 8. The molecule has 1 aromatic carbocycles. The van der Waals surface area contributed by atoms with Gasteiger partial charge in [0, 0.05) is 30.7 Å². The molecule has 7 rings (SSSR count). The molecule has 5 aliphatic rings. The first-order valence-corrected chi connectivity index (χ1v) is 17.0. The molecule has 5 fully saturated rings. The first kappa shape index (κ1) is 27.4. The summed E-state index contributed by atoms with van der Waals surface area (Å²) in [5.74, 6) is 4.18. The van der Waals surface area contributed by atoms with Gasteiger partial charge >= 0.3 is 7.60 Å². The van der Waals surface area contributed by atoms with E-state index in [9.17, 15) is 19.1 Å². The number of para-hydroxylation sites is 2. The van der Waals surface area contributed by atoms with Crippen molar-refractivity contribution in [1.82, 2.24) is 14.5 Å². The maximum atomic E-state index is 13.9. The molecule has 0 amide bonds. The van der Waals surface area contributed by atoms with Crippen LogP contribution in [0, 0.1) is 29.6 Å². The van der Waals surface area contributed by atoms with Crippen molar-refractivity contribution >= 4 is 24.4 Å². The fraction of sp³-hybridized carbons (Fsp3) is 0.733.